The second-order valence-electron chi connectivity index (χ2n) is 4.82. The van der Waals surface area contributed by atoms with Crippen molar-refractivity contribution in [2.45, 2.75) is 18.3 Å². The smallest absolute Gasteiger partial charge is 0.428 e. The van der Waals surface area contributed by atoms with Gasteiger partial charge in [0.1, 0.15) is 6.61 Å². The largest absolute Gasteiger partial charge is 0.479 e. The van der Waals surface area contributed by atoms with E-state index in [9.17, 15) is 22.8 Å². The van der Waals surface area contributed by atoms with Crippen LogP contribution in [0.1, 0.15) is 11.3 Å². The normalized spacial score (nSPS) is 13.8. The van der Waals surface area contributed by atoms with Crippen LogP contribution in [0.3, 0.4) is 0 Å². The van der Waals surface area contributed by atoms with E-state index in [4.69, 9.17) is 9.84 Å². The van der Waals surface area contributed by atoms with Gasteiger partial charge in [-0.05, 0) is 17.7 Å². The lowest BCUT2D eigenvalue weighted by atomic mass is 9.94. The van der Waals surface area contributed by atoms with Gasteiger partial charge < -0.3 is 14.8 Å². The number of carboxylic acid groups (broad SMARTS) is 1. The molecule has 1 heterocycles. The second-order valence-corrected chi connectivity index (χ2v) is 4.82. The molecule has 0 fully saturated rings. The highest BCUT2D eigenvalue weighted by molar-refractivity contribution is 5.86. The molecular formula is C15H13F3N2O4. The fourth-order valence-electron chi connectivity index (χ4n) is 2.06. The molecule has 2 aromatic rings. The molecule has 0 saturated carbocycles. The summed E-state index contributed by atoms with van der Waals surface area (Å²) in [7, 11) is 0. The summed E-state index contributed by atoms with van der Waals surface area (Å²) in [6, 6.07) is 10.3. The zero-order chi connectivity index (χ0) is 17.8. The molecule has 24 heavy (non-hydrogen) atoms. The number of nitrogens with one attached hydrogen (secondary N) is 2. The summed E-state index contributed by atoms with van der Waals surface area (Å²) in [6.45, 7) is -0.301. The summed E-state index contributed by atoms with van der Waals surface area (Å²) in [5.41, 5.74) is -3.83. The maximum absolute atomic E-state index is 13.4. The highest BCUT2D eigenvalue weighted by atomic mass is 19.4. The van der Waals surface area contributed by atoms with Crippen LogP contribution in [0.25, 0.3) is 0 Å². The van der Waals surface area contributed by atoms with E-state index < -0.39 is 29.5 Å². The fraction of sp³-hybridized carbons (Fsp3) is 0.200. The Morgan fingerprint density at radius 3 is 2.29 bits per heavy atom. The first-order valence-corrected chi connectivity index (χ1v) is 6.70. The minimum atomic E-state index is -5.30. The van der Waals surface area contributed by atoms with Crippen LogP contribution < -0.4 is 5.32 Å². The molecule has 1 amide bonds. The van der Waals surface area contributed by atoms with E-state index in [1.165, 1.54) is 11.4 Å². The lowest BCUT2D eigenvalue weighted by Gasteiger charge is -2.31. The molecule has 0 aliphatic carbocycles. The molecule has 0 saturated heterocycles. The molecule has 0 aliphatic rings. The third kappa shape index (κ3) is 3.34. The Morgan fingerprint density at radius 2 is 1.79 bits per heavy atom. The number of carboxylic acids is 1. The Kier molecular flexibility index (Phi) is 4.82. The number of benzene rings is 1. The molecule has 1 aromatic carbocycles. The summed E-state index contributed by atoms with van der Waals surface area (Å²) in [4.78, 5) is 25.3. The van der Waals surface area contributed by atoms with Gasteiger partial charge >= 0.3 is 18.2 Å². The van der Waals surface area contributed by atoms with E-state index >= 15 is 0 Å². The summed E-state index contributed by atoms with van der Waals surface area (Å²) >= 11 is 0. The maximum Gasteiger partial charge on any atom is 0.428 e. The Bertz CT molecular complexity index is 701. The van der Waals surface area contributed by atoms with Crippen LogP contribution in [0.15, 0.2) is 48.7 Å². The van der Waals surface area contributed by atoms with Gasteiger partial charge in [0.2, 0.25) is 0 Å². The number of halogens is 3. The number of amides is 1. The van der Waals surface area contributed by atoms with Crippen molar-refractivity contribution in [3.63, 3.8) is 0 Å². The number of rotatable bonds is 5. The van der Waals surface area contributed by atoms with Crippen LogP contribution in [-0.2, 0) is 21.7 Å². The maximum atomic E-state index is 13.4. The third-order valence-corrected chi connectivity index (χ3v) is 3.25. The average molecular weight is 342 g/mol. The van der Waals surface area contributed by atoms with Crippen molar-refractivity contribution in [3.8, 4) is 0 Å². The second kappa shape index (κ2) is 6.65. The lowest BCUT2D eigenvalue weighted by molar-refractivity contribution is -0.212. The quantitative estimate of drug-likeness (QED) is 0.779. The van der Waals surface area contributed by atoms with Gasteiger partial charge in [0.05, 0.1) is 5.69 Å². The van der Waals surface area contributed by atoms with Crippen LogP contribution in [0, 0.1) is 0 Å². The van der Waals surface area contributed by atoms with E-state index in [0.717, 1.165) is 12.3 Å². The summed E-state index contributed by atoms with van der Waals surface area (Å²) in [6.07, 6.45) is -5.68. The predicted molar refractivity (Wildman–Crippen MR) is 75.9 cm³/mol. The van der Waals surface area contributed by atoms with Crippen LogP contribution in [0.5, 0.6) is 0 Å². The minimum Gasteiger partial charge on any atom is -0.479 e. The van der Waals surface area contributed by atoms with Gasteiger partial charge in [-0.2, -0.15) is 13.2 Å². The van der Waals surface area contributed by atoms with Gasteiger partial charge in [-0.15, -0.1) is 0 Å². The highest BCUT2D eigenvalue weighted by Gasteiger charge is 2.64. The van der Waals surface area contributed by atoms with Crippen molar-refractivity contribution in [1.29, 1.82) is 0 Å². The molecule has 0 aliphatic heterocycles. The molecule has 0 bridgehead atoms. The van der Waals surface area contributed by atoms with E-state index in [1.54, 1.807) is 30.3 Å². The van der Waals surface area contributed by atoms with Crippen LogP contribution >= 0.6 is 0 Å². The number of aromatic nitrogens is 1. The van der Waals surface area contributed by atoms with Gasteiger partial charge in [0, 0.05) is 6.20 Å². The van der Waals surface area contributed by atoms with E-state index in [1.807, 2.05) is 0 Å². The Labute approximate surface area is 134 Å². The molecule has 128 valence electrons. The molecule has 1 unspecified atom stereocenters. The zero-order valence-corrected chi connectivity index (χ0v) is 12.1. The number of alkyl carbamates (subject to hydrolysis) is 1. The summed E-state index contributed by atoms with van der Waals surface area (Å²) < 4.78 is 45.0. The van der Waals surface area contributed by atoms with Gasteiger partial charge in [0.25, 0.3) is 5.54 Å². The zero-order valence-electron chi connectivity index (χ0n) is 12.1. The number of carbonyl (C=O) groups is 2. The number of H-pyrrole nitrogens is 1. The number of hydrogen-bond donors (Lipinski definition) is 3. The van der Waals surface area contributed by atoms with Crippen LogP contribution in [0.2, 0.25) is 0 Å². The number of hydrogen-bond acceptors (Lipinski definition) is 3. The van der Waals surface area contributed by atoms with Crippen molar-refractivity contribution in [3.05, 3.63) is 59.9 Å². The fourth-order valence-corrected chi connectivity index (χ4v) is 2.06. The van der Waals surface area contributed by atoms with Crippen molar-refractivity contribution < 1.29 is 32.6 Å². The Balaban J connectivity index is 2.22. The molecule has 1 aromatic heterocycles. The average Bonchev–Trinajstić information content (AvgIpc) is 3.04. The number of ether oxygens (including phenoxy) is 1. The minimum absolute atomic E-state index is 0.301. The molecule has 1 atom stereocenters. The summed E-state index contributed by atoms with van der Waals surface area (Å²) in [5.74, 6) is -2.28. The standard InChI is InChI=1S/C15H13F3N2O4/c16-15(17,18)14(12(21)22,11-7-4-8-19-11)20-13(23)24-9-10-5-2-1-3-6-10/h1-8,19H,9H2,(H,20,23)(H,21,22). The topological polar surface area (TPSA) is 91.4 Å². The number of alkyl halides is 3. The molecule has 9 heteroatoms. The Hall–Kier alpha value is -2.97. The van der Waals surface area contributed by atoms with Crippen molar-refractivity contribution in [2.24, 2.45) is 0 Å². The number of carbonyl (C=O) groups excluding carboxylic acids is 1. The molecule has 0 spiro atoms. The van der Waals surface area contributed by atoms with Gasteiger partial charge in [-0.25, -0.2) is 9.59 Å². The molecule has 6 nitrogen and oxygen atoms in total. The molecular weight excluding hydrogens is 329 g/mol. The first-order chi connectivity index (χ1) is 11.3. The third-order valence-electron chi connectivity index (χ3n) is 3.25. The van der Waals surface area contributed by atoms with Crippen molar-refractivity contribution >= 4 is 12.1 Å². The van der Waals surface area contributed by atoms with Gasteiger partial charge in [0.15, 0.2) is 0 Å². The molecule has 3 N–H and O–H groups in total. The monoisotopic (exact) mass is 342 g/mol. The lowest BCUT2D eigenvalue weighted by Crippen LogP contribution is -2.61. The van der Waals surface area contributed by atoms with E-state index in [2.05, 4.69) is 4.98 Å². The number of aliphatic carboxylic acids is 1. The van der Waals surface area contributed by atoms with Gasteiger partial charge in [-0.1, -0.05) is 30.3 Å². The first kappa shape index (κ1) is 17.4. The van der Waals surface area contributed by atoms with E-state index in [-0.39, 0.29) is 6.61 Å². The highest BCUT2D eigenvalue weighted by Crippen LogP contribution is 2.38. The first-order valence-electron chi connectivity index (χ1n) is 6.70. The Morgan fingerprint density at radius 1 is 1.12 bits per heavy atom. The SMILES string of the molecule is O=C(NC(C(=O)O)(c1ccc[nH]1)C(F)(F)F)OCc1ccccc1. The van der Waals surface area contributed by atoms with Crippen molar-refractivity contribution in [1.82, 2.24) is 10.3 Å². The molecule has 0 radical (unpaired) electrons. The van der Waals surface area contributed by atoms with Gasteiger partial charge in [-0.3, -0.25) is 5.32 Å². The number of aromatic amines is 1. The van der Waals surface area contributed by atoms with Crippen LogP contribution in [0.4, 0.5) is 18.0 Å². The van der Waals surface area contributed by atoms with Crippen molar-refractivity contribution in [2.75, 3.05) is 0 Å². The summed E-state index contributed by atoms with van der Waals surface area (Å²) in [5, 5.41) is 10.6. The van der Waals surface area contributed by atoms with E-state index in [0.29, 0.717) is 5.56 Å². The molecule has 2 rings (SSSR count). The van der Waals surface area contributed by atoms with Crippen LogP contribution in [-0.4, -0.2) is 28.3 Å². The predicted octanol–water partition coefficient (Wildman–Crippen LogP) is 2.78.